The van der Waals surface area contributed by atoms with E-state index >= 15 is 0 Å². The number of hydrogen-bond acceptors (Lipinski definition) is 3. The van der Waals surface area contributed by atoms with Crippen molar-refractivity contribution < 1.29 is 9.47 Å². The van der Waals surface area contributed by atoms with Gasteiger partial charge in [0.25, 0.3) is 0 Å². The SMILES string of the molecule is CC1(C)OCC(Nc2cc(Br)ccc2Cl)CO1. The molecule has 0 unspecified atom stereocenters. The maximum absolute atomic E-state index is 6.11. The van der Waals surface area contributed by atoms with E-state index in [-0.39, 0.29) is 6.04 Å². The molecule has 1 aromatic carbocycles. The highest BCUT2D eigenvalue weighted by Crippen LogP contribution is 2.27. The Labute approximate surface area is 115 Å². The Kier molecular flexibility index (Phi) is 3.98. The molecule has 0 spiro atoms. The van der Waals surface area contributed by atoms with E-state index in [1.165, 1.54) is 0 Å². The second-order valence-electron chi connectivity index (χ2n) is 4.49. The molecule has 1 heterocycles. The topological polar surface area (TPSA) is 30.5 Å². The normalized spacial score (nSPS) is 20.2. The Bertz CT molecular complexity index is 401. The van der Waals surface area contributed by atoms with E-state index in [1.54, 1.807) is 0 Å². The number of ether oxygens (including phenoxy) is 2. The minimum atomic E-state index is -0.487. The van der Waals surface area contributed by atoms with Gasteiger partial charge >= 0.3 is 0 Å². The van der Waals surface area contributed by atoms with Crippen LogP contribution in [0.2, 0.25) is 5.02 Å². The van der Waals surface area contributed by atoms with Crippen LogP contribution in [0, 0.1) is 0 Å². The van der Waals surface area contributed by atoms with Gasteiger partial charge in [0.15, 0.2) is 5.79 Å². The van der Waals surface area contributed by atoms with Crippen LogP contribution in [0.4, 0.5) is 5.69 Å². The molecule has 94 valence electrons. The van der Waals surface area contributed by atoms with Gasteiger partial charge in [-0.25, -0.2) is 0 Å². The van der Waals surface area contributed by atoms with Gasteiger partial charge in [-0.15, -0.1) is 0 Å². The van der Waals surface area contributed by atoms with Crippen LogP contribution in [-0.4, -0.2) is 25.0 Å². The lowest BCUT2D eigenvalue weighted by Crippen LogP contribution is -2.45. The summed E-state index contributed by atoms with van der Waals surface area (Å²) in [5.41, 5.74) is 0.887. The second-order valence-corrected chi connectivity index (χ2v) is 5.81. The quantitative estimate of drug-likeness (QED) is 0.902. The van der Waals surface area contributed by atoms with Gasteiger partial charge in [0.1, 0.15) is 0 Å². The lowest BCUT2D eigenvalue weighted by Gasteiger charge is -2.35. The first-order valence-electron chi connectivity index (χ1n) is 5.46. The Hall–Kier alpha value is -0.290. The molecule has 1 N–H and O–H groups in total. The van der Waals surface area contributed by atoms with Crippen molar-refractivity contribution in [2.75, 3.05) is 18.5 Å². The molecule has 0 saturated carbocycles. The number of rotatable bonds is 2. The van der Waals surface area contributed by atoms with E-state index in [2.05, 4.69) is 21.2 Å². The molecule has 1 aromatic rings. The fraction of sp³-hybridized carbons (Fsp3) is 0.500. The van der Waals surface area contributed by atoms with Crippen molar-refractivity contribution in [3.05, 3.63) is 27.7 Å². The van der Waals surface area contributed by atoms with Gasteiger partial charge < -0.3 is 14.8 Å². The lowest BCUT2D eigenvalue weighted by atomic mass is 10.2. The molecule has 0 aliphatic carbocycles. The first-order chi connectivity index (χ1) is 7.96. The summed E-state index contributed by atoms with van der Waals surface area (Å²) in [6.07, 6.45) is 0. The molecule has 0 bridgehead atoms. The average Bonchev–Trinajstić information content (AvgIpc) is 2.26. The van der Waals surface area contributed by atoms with Crippen molar-refractivity contribution in [3.63, 3.8) is 0 Å². The van der Waals surface area contributed by atoms with E-state index < -0.39 is 5.79 Å². The van der Waals surface area contributed by atoms with Crippen LogP contribution in [0.15, 0.2) is 22.7 Å². The third-order valence-electron chi connectivity index (χ3n) is 2.55. The molecule has 1 fully saturated rings. The van der Waals surface area contributed by atoms with Crippen molar-refractivity contribution in [1.82, 2.24) is 0 Å². The maximum Gasteiger partial charge on any atom is 0.162 e. The summed E-state index contributed by atoms with van der Waals surface area (Å²) in [6, 6.07) is 5.82. The van der Waals surface area contributed by atoms with E-state index in [0.717, 1.165) is 10.2 Å². The van der Waals surface area contributed by atoms with Gasteiger partial charge in [0.2, 0.25) is 0 Å². The van der Waals surface area contributed by atoms with Gasteiger partial charge in [-0.2, -0.15) is 0 Å². The highest BCUT2D eigenvalue weighted by molar-refractivity contribution is 9.10. The Morgan fingerprint density at radius 1 is 1.35 bits per heavy atom. The highest BCUT2D eigenvalue weighted by Gasteiger charge is 2.28. The van der Waals surface area contributed by atoms with Crippen molar-refractivity contribution in [2.24, 2.45) is 0 Å². The van der Waals surface area contributed by atoms with Gasteiger partial charge in [0, 0.05) is 4.47 Å². The minimum absolute atomic E-state index is 0.120. The molecular weight excluding hydrogens is 305 g/mol. The standard InChI is InChI=1S/C12H15BrClNO2/c1-12(2)16-6-9(7-17-12)15-11-5-8(13)3-4-10(11)14/h3-5,9,15H,6-7H2,1-2H3. The van der Waals surface area contributed by atoms with Gasteiger partial charge in [-0.05, 0) is 32.0 Å². The van der Waals surface area contributed by atoms with Crippen LogP contribution in [0.25, 0.3) is 0 Å². The molecule has 0 amide bonds. The van der Waals surface area contributed by atoms with Crippen LogP contribution < -0.4 is 5.32 Å². The molecule has 2 rings (SSSR count). The van der Waals surface area contributed by atoms with E-state index in [0.29, 0.717) is 18.2 Å². The second kappa shape index (κ2) is 5.14. The molecule has 0 atom stereocenters. The van der Waals surface area contributed by atoms with Crippen molar-refractivity contribution >= 4 is 33.2 Å². The van der Waals surface area contributed by atoms with Crippen LogP contribution in [-0.2, 0) is 9.47 Å². The first kappa shape index (κ1) is 13.1. The number of hydrogen-bond donors (Lipinski definition) is 1. The van der Waals surface area contributed by atoms with E-state index in [4.69, 9.17) is 21.1 Å². The van der Waals surface area contributed by atoms with E-state index in [9.17, 15) is 0 Å². The number of nitrogens with one attached hydrogen (secondary N) is 1. The molecule has 5 heteroatoms. The summed E-state index contributed by atoms with van der Waals surface area (Å²) in [4.78, 5) is 0. The van der Waals surface area contributed by atoms with Crippen molar-refractivity contribution in [2.45, 2.75) is 25.7 Å². The number of halogens is 2. The third-order valence-corrected chi connectivity index (χ3v) is 3.38. The molecular formula is C12H15BrClNO2. The van der Waals surface area contributed by atoms with Crippen molar-refractivity contribution in [1.29, 1.82) is 0 Å². The summed E-state index contributed by atoms with van der Waals surface area (Å²) in [7, 11) is 0. The Morgan fingerprint density at radius 3 is 2.65 bits per heavy atom. The molecule has 17 heavy (non-hydrogen) atoms. The summed E-state index contributed by atoms with van der Waals surface area (Å²) in [5.74, 6) is -0.487. The van der Waals surface area contributed by atoms with Crippen LogP contribution >= 0.6 is 27.5 Å². The van der Waals surface area contributed by atoms with Gasteiger partial charge in [0.05, 0.1) is 30.0 Å². The molecule has 3 nitrogen and oxygen atoms in total. The predicted molar refractivity (Wildman–Crippen MR) is 72.5 cm³/mol. The zero-order valence-electron chi connectivity index (χ0n) is 9.80. The molecule has 1 saturated heterocycles. The van der Waals surface area contributed by atoms with Crippen molar-refractivity contribution in [3.8, 4) is 0 Å². The largest absolute Gasteiger partial charge is 0.376 e. The summed E-state index contributed by atoms with van der Waals surface area (Å²) in [6.45, 7) is 5.04. The van der Waals surface area contributed by atoms with Gasteiger partial charge in [-0.3, -0.25) is 0 Å². The highest BCUT2D eigenvalue weighted by atomic mass is 79.9. The number of anilines is 1. The molecule has 0 aromatic heterocycles. The van der Waals surface area contributed by atoms with Crippen LogP contribution in [0.3, 0.4) is 0 Å². The zero-order valence-corrected chi connectivity index (χ0v) is 12.1. The molecule has 1 aliphatic rings. The zero-order chi connectivity index (χ0) is 12.5. The molecule has 0 radical (unpaired) electrons. The average molecular weight is 321 g/mol. The van der Waals surface area contributed by atoms with Gasteiger partial charge in [-0.1, -0.05) is 27.5 Å². The Balaban J connectivity index is 2.00. The predicted octanol–water partition coefficient (Wildman–Crippen LogP) is 3.67. The Morgan fingerprint density at radius 2 is 2.00 bits per heavy atom. The van der Waals surface area contributed by atoms with Crippen LogP contribution in [0.5, 0.6) is 0 Å². The minimum Gasteiger partial charge on any atom is -0.376 e. The fourth-order valence-corrected chi connectivity index (χ4v) is 2.14. The summed E-state index contributed by atoms with van der Waals surface area (Å²) < 4.78 is 12.1. The third kappa shape index (κ3) is 3.58. The van der Waals surface area contributed by atoms with Crippen LogP contribution in [0.1, 0.15) is 13.8 Å². The lowest BCUT2D eigenvalue weighted by molar-refractivity contribution is -0.247. The summed E-state index contributed by atoms with van der Waals surface area (Å²) >= 11 is 9.52. The smallest absolute Gasteiger partial charge is 0.162 e. The molecule has 1 aliphatic heterocycles. The number of benzene rings is 1. The fourth-order valence-electron chi connectivity index (χ4n) is 1.60. The first-order valence-corrected chi connectivity index (χ1v) is 6.63. The van der Waals surface area contributed by atoms with E-state index in [1.807, 2.05) is 32.0 Å². The monoisotopic (exact) mass is 319 g/mol. The summed E-state index contributed by atoms with van der Waals surface area (Å²) in [5, 5.41) is 4.01. The maximum atomic E-state index is 6.11.